The molecule has 106 valence electrons. The van der Waals surface area contributed by atoms with E-state index in [2.05, 4.69) is 46.1 Å². The van der Waals surface area contributed by atoms with Crippen LogP contribution in [0.4, 0.5) is 5.95 Å². The van der Waals surface area contributed by atoms with E-state index in [9.17, 15) is 0 Å². The third kappa shape index (κ3) is 3.88. The van der Waals surface area contributed by atoms with Crippen molar-refractivity contribution in [2.24, 2.45) is 0 Å². The standard InChI is InChI=1S/C14H25N5/c1-4-15-8-12-9-16-14(17-10-12)19-7-5-6-13(11-19)18(2)3/h9-10,13,15H,4-8,11H2,1-3H3. The maximum Gasteiger partial charge on any atom is 0.225 e. The molecule has 0 radical (unpaired) electrons. The molecule has 5 heteroatoms. The van der Waals surface area contributed by atoms with Gasteiger partial charge in [-0.3, -0.25) is 0 Å². The highest BCUT2D eigenvalue weighted by Crippen LogP contribution is 2.18. The van der Waals surface area contributed by atoms with Gasteiger partial charge in [-0.05, 0) is 33.5 Å². The van der Waals surface area contributed by atoms with Gasteiger partial charge >= 0.3 is 0 Å². The number of hydrogen-bond acceptors (Lipinski definition) is 5. The SMILES string of the molecule is CCNCc1cnc(N2CCCC(N(C)C)C2)nc1. The van der Waals surface area contributed by atoms with Crippen LogP contribution in [0, 0.1) is 0 Å². The zero-order valence-electron chi connectivity index (χ0n) is 12.3. The smallest absolute Gasteiger partial charge is 0.225 e. The largest absolute Gasteiger partial charge is 0.339 e. The molecule has 0 aliphatic carbocycles. The molecule has 0 saturated carbocycles. The Kier molecular flexibility index (Phi) is 5.10. The van der Waals surface area contributed by atoms with Crippen molar-refractivity contribution < 1.29 is 0 Å². The summed E-state index contributed by atoms with van der Waals surface area (Å²) in [4.78, 5) is 13.6. The molecule has 0 bridgehead atoms. The fourth-order valence-electron chi connectivity index (χ4n) is 2.43. The topological polar surface area (TPSA) is 44.3 Å². The van der Waals surface area contributed by atoms with Crippen LogP contribution >= 0.6 is 0 Å². The van der Waals surface area contributed by atoms with Gasteiger partial charge in [-0.2, -0.15) is 0 Å². The van der Waals surface area contributed by atoms with Crippen LogP contribution in [0.2, 0.25) is 0 Å². The Morgan fingerprint density at radius 1 is 1.37 bits per heavy atom. The molecule has 1 aliphatic heterocycles. The number of nitrogens with one attached hydrogen (secondary N) is 1. The fraction of sp³-hybridized carbons (Fsp3) is 0.714. The maximum atomic E-state index is 4.51. The number of anilines is 1. The first-order valence-electron chi connectivity index (χ1n) is 7.13. The summed E-state index contributed by atoms with van der Waals surface area (Å²) >= 11 is 0. The zero-order chi connectivity index (χ0) is 13.7. The Morgan fingerprint density at radius 2 is 2.11 bits per heavy atom. The summed E-state index contributed by atoms with van der Waals surface area (Å²) in [5.74, 6) is 0.867. The summed E-state index contributed by atoms with van der Waals surface area (Å²) in [5, 5.41) is 3.29. The summed E-state index contributed by atoms with van der Waals surface area (Å²) in [6, 6.07) is 0.610. The molecule has 1 aromatic heterocycles. The summed E-state index contributed by atoms with van der Waals surface area (Å²) in [6.07, 6.45) is 6.35. The molecule has 2 heterocycles. The molecule has 1 aromatic rings. The van der Waals surface area contributed by atoms with Crippen LogP contribution in [0.1, 0.15) is 25.3 Å². The lowest BCUT2D eigenvalue weighted by Gasteiger charge is -2.36. The summed E-state index contributed by atoms with van der Waals surface area (Å²) in [6.45, 7) is 6.01. The predicted molar refractivity (Wildman–Crippen MR) is 78.3 cm³/mol. The number of rotatable bonds is 5. The lowest BCUT2D eigenvalue weighted by atomic mass is 10.1. The van der Waals surface area contributed by atoms with Crippen molar-refractivity contribution in [2.75, 3.05) is 38.6 Å². The average Bonchev–Trinajstić information content (AvgIpc) is 2.46. The van der Waals surface area contributed by atoms with Crippen LogP contribution in [0.15, 0.2) is 12.4 Å². The second-order valence-electron chi connectivity index (χ2n) is 5.38. The fourth-order valence-corrected chi connectivity index (χ4v) is 2.43. The first-order chi connectivity index (χ1) is 9.20. The molecule has 0 spiro atoms. The summed E-state index contributed by atoms with van der Waals surface area (Å²) in [5.41, 5.74) is 1.15. The van der Waals surface area contributed by atoms with Gasteiger partial charge in [-0.25, -0.2) is 9.97 Å². The van der Waals surface area contributed by atoms with Gasteiger partial charge in [0.1, 0.15) is 0 Å². The first kappa shape index (κ1) is 14.2. The van der Waals surface area contributed by atoms with Gasteiger partial charge in [0.05, 0.1) is 0 Å². The van der Waals surface area contributed by atoms with Crippen LogP contribution in [0.5, 0.6) is 0 Å². The van der Waals surface area contributed by atoms with E-state index in [1.165, 1.54) is 12.8 Å². The highest BCUT2D eigenvalue weighted by Gasteiger charge is 2.22. The molecule has 1 aliphatic rings. The van der Waals surface area contributed by atoms with Crippen molar-refractivity contribution in [3.8, 4) is 0 Å². The van der Waals surface area contributed by atoms with Gasteiger partial charge in [0.15, 0.2) is 0 Å². The molecule has 0 aromatic carbocycles. The van der Waals surface area contributed by atoms with Gasteiger partial charge in [0.2, 0.25) is 5.95 Å². The summed E-state index contributed by atoms with van der Waals surface area (Å²) in [7, 11) is 4.29. The van der Waals surface area contributed by atoms with Crippen molar-refractivity contribution in [1.82, 2.24) is 20.2 Å². The molecular weight excluding hydrogens is 238 g/mol. The highest BCUT2D eigenvalue weighted by molar-refractivity contribution is 5.31. The molecular formula is C14H25N5. The third-order valence-corrected chi connectivity index (χ3v) is 3.68. The molecule has 1 N–H and O–H groups in total. The Morgan fingerprint density at radius 3 is 2.74 bits per heavy atom. The first-order valence-corrected chi connectivity index (χ1v) is 7.13. The molecule has 5 nitrogen and oxygen atoms in total. The number of piperidine rings is 1. The Labute approximate surface area is 116 Å². The summed E-state index contributed by atoms with van der Waals surface area (Å²) < 4.78 is 0. The van der Waals surface area contributed by atoms with Gasteiger partial charge in [0, 0.05) is 43.6 Å². The van der Waals surface area contributed by atoms with E-state index in [0.717, 1.165) is 37.7 Å². The maximum absolute atomic E-state index is 4.51. The van der Waals surface area contributed by atoms with Gasteiger partial charge in [0.25, 0.3) is 0 Å². The van der Waals surface area contributed by atoms with E-state index < -0.39 is 0 Å². The monoisotopic (exact) mass is 263 g/mol. The van der Waals surface area contributed by atoms with E-state index in [0.29, 0.717) is 6.04 Å². The lowest BCUT2D eigenvalue weighted by Crippen LogP contribution is -2.45. The molecule has 1 fully saturated rings. The third-order valence-electron chi connectivity index (χ3n) is 3.68. The molecule has 1 atom stereocenters. The van der Waals surface area contributed by atoms with E-state index in [1.54, 1.807) is 0 Å². The Balaban J connectivity index is 1.97. The van der Waals surface area contributed by atoms with E-state index in [-0.39, 0.29) is 0 Å². The van der Waals surface area contributed by atoms with Gasteiger partial charge < -0.3 is 15.1 Å². The van der Waals surface area contributed by atoms with Crippen molar-refractivity contribution in [1.29, 1.82) is 0 Å². The van der Waals surface area contributed by atoms with Gasteiger partial charge in [-0.1, -0.05) is 6.92 Å². The number of nitrogens with zero attached hydrogens (tertiary/aromatic N) is 4. The van der Waals surface area contributed by atoms with Crippen molar-refractivity contribution in [3.05, 3.63) is 18.0 Å². The number of likely N-dealkylation sites (N-methyl/N-ethyl adjacent to an activating group) is 1. The van der Waals surface area contributed by atoms with E-state index in [4.69, 9.17) is 0 Å². The minimum atomic E-state index is 0.610. The molecule has 1 saturated heterocycles. The molecule has 2 rings (SSSR count). The molecule has 19 heavy (non-hydrogen) atoms. The quantitative estimate of drug-likeness (QED) is 0.862. The predicted octanol–water partition coefficient (Wildman–Crippen LogP) is 1.12. The van der Waals surface area contributed by atoms with E-state index in [1.807, 2.05) is 12.4 Å². The normalized spacial score (nSPS) is 20.0. The molecule has 0 amide bonds. The van der Waals surface area contributed by atoms with Crippen LogP contribution in [0.3, 0.4) is 0 Å². The Hall–Kier alpha value is -1.20. The van der Waals surface area contributed by atoms with Crippen LogP contribution < -0.4 is 10.2 Å². The van der Waals surface area contributed by atoms with Crippen molar-refractivity contribution in [2.45, 2.75) is 32.4 Å². The lowest BCUT2D eigenvalue weighted by molar-refractivity contribution is 0.257. The highest BCUT2D eigenvalue weighted by atomic mass is 15.3. The number of aromatic nitrogens is 2. The minimum Gasteiger partial charge on any atom is -0.339 e. The second kappa shape index (κ2) is 6.82. The second-order valence-corrected chi connectivity index (χ2v) is 5.38. The van der Waals surface area contributed by atoms with Crippen LogP contribution in [-0.2, 0) is 6.54 Å². The van der Waals surface area contributed by atoms with Crippen LogP contribution in [0.25, 0.3) is 0 Å². The zero-order valence-corrected chi connectivity index (χ0v) is 12.3. The molecule has 1 unspecified atom stereocenters. The van der Waals surface area contributed by atoms with Crippen LogP contribution in [-0.4, -0.2) is 54.6 Å². The minimum absolute atomic E-state index is 0.610. The van der Waals surface area contributed by atoms with Crippen molar-refractivity contribution in [3.63, 3.8) is 0 Å². The van der Waals surface area contributed by atoms with E-state index >= 15 is 0 Å². The number of hydrogen-bond donors (Lipinski definition) is 1. The Bertz CT molecular complexity index is 376. The van der Waals surface area contributed by atoms with Crippen molar-refractivity contribution >= 4 is 5.95 Å². The average molecular weight is 263 g/mol. The van der Waals surface area contributed by atoms with Gasteiger partial charge in [-0.15, -0.1) is 0 Å².